The molecule has 224 valence electrons. The lowest BCUT2D eigenvalue weighted by molar-refractivity contribution is 0.0303. The van der Waals surface area contributed by atoms with Gasteiger partial charge in [0.1, 0.15) is 11.3 Å². The van der Waals surface area contributed by atoms with Gasteiger partial charge in [0.2, 0.25) is 0 Å². The van der Waals surface area contributed by atoms with Crippen LogP contribution in [0.25, 0.3) is 11.0 Å². The highest BCUT2D eigenvalue weighted by Crippen LogP contribution is 2.29. The van der Waals surface area contributed by atoms with Crippen molar-refractivity contribution in [3.8, 4) is 0 Å². The highest BCUT2D eigenvalue weighted by molar-refractivity contribution is 5.95. The van der Waals surface area contributed by atoms with Crippen molar-refractivity contribution in [2.24, 2.45) is 0 Å². The largest absolute Gasteiger partial charge is 0.378 e. The number of ether oxygens (including phenoxy) is 1. The number of imidazole rings is 1. The summed E-state index contributed by atoms with van der Waals surface area (Å²) in [5.41, 5.74) is 4.98. The van der Waals surface area contributed by atoms with Crippen LogP contribution in [0.3, 0.4) is 0 Å². The number of aromatic nitrogens is 3. The topological polar surface area (TPSA) is 115 Å². The second-order valence-electron chi connectivity index (χ2n) is 12.3. The van der Waals surface area contributed by atoms with E-state index < -0.39 is 0 Å². The molecule has 0 saturated carbocycles. The van der Waals surface area contributed by atoms with Gasteiger partial charge in [0.05, 0.1) is 25.1 Å². The Hall–Kier alpha value is -4.44. The summed E-state index contributed by atoms with van der Waals surface area (Å²) in [6, 6.07) is 17.4. The molecular weight excluding hydrogens is 542 g/mol. The highest BCUT2D eigenvalue weighted by Gasteiger charge is 2.25. The number of carbonyl (C=O) groups excluding carboxylic acids is 2. The molecule has 4 heterocycles. The van der Waals surface area contributed by atoms with Crippen molar-refractivity contribution in [2.75, 3.05) is 49.6 Å². The van der Waals surface area contributed by atoms with Gasteiger partial charge in [0.25, 0.3) is 11.8 Å². The van der Waals surface area contributed by atoms with Gasteiger partial charge in [0, 0.05) is 55.1 Å². The molecule has 1 atom stereocenters. The molecule has 0 unspecified atom stereocenters. The van der Waals surface area contributed by atoms with Gasteiger partial charge in [-0.2, -0.15) is 0 Å². The van der Waals surface area contributed by atoms with Crippen molar-refractivity contribution in [2.45, 2.75) is 45.1 Å². The normalized spacial score (nSPS) is 17.6. The highest BCUT2D eigenvalue weighted by atomic mass is 16.5. The minimum absolute atomic E-state index is 0.00997. The van der Waals surface area contributed by atoms with Gasteiger partial charge >= 0.3 is 0 Å². The number of pyridine rings is 1. The fourth-order valence-corrected chi connectivity index (χ4v) is 5.66. The van der Waals surface area contributed by atoms with Crippen molar-refractivity contribution in [3.05, 3.63) is 77.6 Å². The number of nitrogens with one attached hydrogen (secondary N) is 3. The quantitative estimate of drug-likeness (QED) is 0.298. The molecule has 0 radical (unpaired) electrons. The maximum Gasteiger partial charge on any atom is 0.254 e. The van der Waals surface area contributed by atoms with E-state index in [0.717, 1.165) is 41.9 Å². The molecule has 0 spiro atoms. The summed E-state index contributed by atoms with van der Waals surface area (Å²) in [6.07, 6.45) is 3.52. The molecule has 2 fully saturated rings. The summed E-state index contributed by atoms with van der Waals surface area (Å²) in [7, 11) is 0. The third-order valence-corrected chi connectivity index (χ3v) is 8.18. The monoisotopic (exact) mass is 581 g/mol. The number of hydrogen-bond donors (Lipinski definition) is 3. The van der Waals surface area contributed by atoms with Crippen LogP contribution >= 0.6 is 0 Å². The van der Waals surface area contributed by atoms with E-state index in [1.165, 1.54) is 5.56 Å². The Kier molecular flexibility index (Phi) is 8.03. The fraction of sp³-hybridized carbons (Fsp3) is 0.394. The number of anilines is 3. The summed E-state index contributed by atoms with van der Waals surface area (Å²) in [6.45, 7) is 10.4. The zero-order valence-electron chi connectivity index (χ0n) is 25.0. The lowest BCUT2D eigenvalue weighted by atomic mass is 9.86. The average Bonchev–Trinajstić information content (AvgIpc) is 3.51. The molecule has 2 aromatic carbocycles. The first-order valence-corrected chi connectivity index (χ1v) is 15.0. The summed E-state index contributed by atoms with van der Waals surface area (Å²) >= 11 is 0. The van der Waals surface area contributed by atoms with Gasteiger partial charge in [0.15, 0.2) is 5.82 Å². The number of fused-ring (bicyclic) bond motifs is 1. The van der Waals surface area contributed by atoms with Crippen LogP contribution in [-0.4, -0.2) is 77.1 Å². The van der Waals surface area contributed by atoms with Gasteiger partial charge in [-0.3, -0.25) is 9.59 Å². The third kappa shape index (κ3) is 6.49. The second-order valence-corrected chi connectivity index (χ2v) is 12.3. The number of piperidine rings is 1. The molecule has 2 saturated heterocycles. The number of rotatable bonds is 6. The molecule has 0 aliphatic carbocycles. The maximum atomic E-state index is 13.1. The zero-order chi connectivity index (χ0) is 30.0. The number of carbonyl (C=O) groups is 2. The summed E-state index contributed by atoms with van der Waals surface area (Å²) in [4.78, 5) is 42.6. The number of nitrogens with zero attached hydrogens (tertiary/aromatic N) is 4. The number of H-pyrrole nitrogens is 1. The van der Waals surface area contributed by atoms with Crippen molar-refractivity contribution < 1.29 is 14.3 Å². The minimum Gasteiger partial charge on any atom is -0.378 e. The van der Waals surface area contributed by atoms with E-state index in [4.69, 9.17) is 9.72 Å². The van der Waals surface area contributed by atoms with Crippen LogP contribution in [-0.2, 0) is 10.2 Å². The van der Waals surface area contributed by atoms with E-state index in [1.807, 2.05) is 59.5 Å². The number of amides is 2. The van der Waals surface area contributed by atoms with E-state index in [-0.39, 0.29) is 23.3 Å². The molecule has 3 N–H and O–H groups in total. The van der Waals surface area contributed by atoms with Crippen LogP contribution in [0.2, 0.25) is 0 Å². The smallest absolute Gasteiger partial charge is 0.254 e. The Labute approximate surface area is 251 Å². The van der Waals surface area contributed by atoms with Crippen LogP contribution in [0.15, 0.2) is 60.9 Å². The van der Waals surface area contributed by atoms with Crippen molar-refractivity contribution >= 4 is 40.2 Å². The van der Waals surface area contributed by atoms with Gasteiger partial charge in [-0.15, -0.1) is 0 Å². The van der Waals surface area contributed by atoms with Crippen molar-refractivity contribution in [1.29, 1.82) is 0 Å². The summed E-state index contributed by atoms with van der Waals surface area (Å²) in [5, 5.41) is 6.64. The Morgan fingerprint density at radius 1 is 0.977 bits per heavy atom. The Morgan fingerprint density at radius 3 is 2.42 bits per heavy atom. The van der Waals surface area contributed by atoms with E-state index in [0.29, 0.717) is 49.8 Å². The van der Waals surface area contributed by atoms with Gasteiger partial charge in [-0.25, -0.2) is 9.97 Å². The molecule has 4 aromatic rings. The zero-order valence-corrected chi connectivity index (χ0v) is 25.0. The Morgan fingerprint density at radius 2 is 1.70 bits per heavy atom. The lowest BCUT2D eigenvalue weighted by Crippen LogP contribution is -2.48. The van der Waals surface area contributed by atoms with Crippen molar-refractivity contribution in [1.82, 2.24) is 25.2 Å². The first-order valence-electron chi connectivity index (χ1n) is 15.0. The van der Waals surface area contributed by atoms with Gasteiger partial charge in [-0.1, -0.05) is 32.9 Å². The number of hydrogen-bond acceptors (Lipinski definition) is 7. The van der Waals surface area contributed by atoms with Gasteiger partial charge < -0.3 is 30.2 Å². The predicted molar refractivity (Wildman–Crippen MR) is 168 cm³/mol. The lowest BCUT2D eigenvalue weighted by Gasteiger charge is -2.34. The minimum atomic E-state index is -0.0535. The first kappa shape index (κ1) is 28.7. The molecule has 2 amide bonds. The summed E-state index contributed by atoms with van der Waals surface area (Å²) in [5.74, 6) is 1.40. The molecule has 10 heteroatoms. The molecule has 2 aliphatic rings. The van der Waals surface area contributed by atoms with Gasteiger partial charge in [-0.05, 0) is 60.2 Å². The standard InChI is InChI=1S/C33H39N7O3/c1-33(2,3)24-10-6-22(7-11-24)31(41)37-26-5-4-14-40(20-26)28-19-27-29(35-21-34-27)30(38-28)36-25-12-8-23(9-13-25)32(42)39-15-17-43-18-16-39/h6-13,19,21,26H,4-5,14-18,20H2,1-3H3,(H,34,35)(H,36,38)(H,37,41)/t26-/m0/s1. The fourth-order valence-electron chi connectivity index (χ4n) is 5.66. The Balaban J connectivity index is 1.15. The molecule has 43 heavy (non-hydrogen) atoms. The molecule has 10 nitrogen and oxygen atoms in total. The first-order chi connectivity index (χ1) is 20.7. The van der Waals surface area contributed by atoms with Crippen LogP contribution in [0.4, 0.5) is 17.3 Å². The second kappa shape index (κ2) is 12.0. The molecule has 0 bridgehead atoms. The average molecular weight is 582 g/mol. The van der Waals surface area contributed by atoms with Crippen LogP contribution < -0.4 is 15.5 Å². The SMILES string of the molecule is CC(C)(C)c1ccc(C(=O)N[C@H]2CCCN(c3cc4[nH]cnc4c(Nc4ccc(C(=O)N5CCOCC5)cc4)n3)C2)cc1. The number of benzene rings is 2. The van der Waals surface area contributed by atoms with E-state index in [2.05, 4.69) is 46.3 Å². The van der Waals surface area contributed by atoms with E-state index in [1.54, 1.807) is 6.33 Å². The Bertz CT molecular complexity index is 1590. The predicted octanol–water partition coefficient (Wildman–Crippen LogP) is 4.87. The van der Waals surface area contributed by atoms with Crippen molar-refractivity contribution in [3.63, 3.8) is 0 Å². The maximum absolute atomic E-state index is 13.1. The van der Waals surface area contributed by atoms with E-state index in [9.17, 15) is 9.59 Å². The third-order valence-electron chi connectivity index (χ3n) is 8.18. The van der Waals surface area contributed by atoms with Crippen LogP contribution in [0.1, 0.15) is 59.9 Å². The number of aromatic amines is 1. The van der Waals surface area contributed by atoms with E-state index >= 15 is 0 Å². The molecule has 2 aliphatic heterocycles. The summed E-state index contributed by atoms with van der Waals surface area (Å²) < 4.78 is 5.37. The van der Waals surface area contributed by atoms with Crippen LogP contribution in [0.5, 0.6) is 0 Å². The van der Waals surface area contributed by atoms with Crippen LogP contribution in [0, 0.1) is 0 Å². The molecule has 2 aromatic heterocycles. The molecular formula is C33H39N7O3. The number of morpholine rings is 1. The molecule has 6 rings (SSSR count).